The second-order valence-electron chi connectivity index (χ2n) is 5.62. The van der Waals surface area contributed by atoms with Gasteiger partial charge in [0, 0.05) is 19.2 Å². The van der Waals surface area contributed by atoms with Crippen LogP contribution >= 0.6 is 0 Å². The fraction of sp³-hybridized carbons (Fsp3) is 0.316. The molecule has 0 aliphatic rings. The van der Waals surface area contributed by atoms with Crippen LogP contribution < -0.4 is 9.47 Å². The van der Waals surface area contributed by atoms with Crippen molar-refractivity contribution in [2.24, 2.45) is 0 Å². The standard InChI is InChI=1S/C19H22N2O3/c1-21(12-15-6-4-3-5-7-15)13-17(22)14-24-18-9-8-16(11-20)10-19(18)23-2/h3-10,17,22H,12-14H2,1-2H3. The Morgan fingerprint density at radius 2 is 1.92 bits per heavy atom. The molecule has 2 aromatic rings. The minimum atomic E-state index is -0.626. The molecule has 2 rings (SSSR count). The highest BCUT2D eigenvalue weighted by molar-refractivity contribution is 5.46. The molecule has 0 bridgehead atoms. The van der Waals surface area contributed by atoms with Crippen LogP contribution in [0.5, 0.6) is 11.5 Å². The number of benzene rings is 2. The van der Waals surface area contributed by atoms with Gasteiger partial charge in [0.2, 0.25) is 0 Å². The summed E-state index contributed by atoms with van der Waals surface area (Å²) >= 11 is 0. The number of nitriles is 1. The van der Waals surface area contributed by atoms with E-state index in [2.05, 4.69) is 18.2 Å². The van der Waals surface area contributed by atoms with E-state index in [1.807, 2.05) is 30.1 Å². The Balaban J connectivity index is 1.84. The van der Waals surface area contributed by atoms with Gasteiger partial charge in [-0.2, -0.15) is 5.26 Å². The summed E-state index contributed by atoms with van der Waals surface area (Å²) < 4.78 is 10.8. The van der Waals surface area contributed by atoms with Gasteiger partial charge >= 0.3 is 0 Å². The van der Waals surface area contributed by atoms with Crippen molar-refractivity contribution in [1.29, 1.82) is 5.26 Å². The first-order chi connectivity index (χ1) is 11.6. The predicted octanol–water partition coefficient (Wildman–Crippen LogP) is 2.44. The van der Waals surface area contributed by atoms with E-state index in [-0.39, 0.29) is 6.61 Å². The van der Waals surface area contributed by atoms with Crippen LogP contribution in [0.1, 0.15) is 11.1 Å². The molecule has 0 spiro atoms. The number of aliphatic hydroxyl groups excluding tert-OH is 1. The van der Waals surface area contributed by atoms with E-state index in [4.69, 9.17) is 14.7 Å². The van der Waals surface area contributed by atoms with Gasteiger partial charge in [-0.25, -0.2) is 0 Å². The molecule has 5 heteroatoms. The summed E-state index contributed by atoms with van der Waals surface area (Å²) in [5.41, 5.74) is 1.70. The lowest BCUT2D eigenvalue weighted by Crippen LogP contribution is -2.32. The lowest BCUT2D eigenvalue weighted by atomic mass is 10.2. The number of rotatable bonds is 8. The third-order valence-corrected chi connectivity index (χ3v) is 3.54. The van der Waals surface area contributed by atoms with Crippen molar-refractivity contribution in [3.05, 3.63) is 59.7 Å². The molecule has 1 N–H and O–H groups in total. The summed E-state index contributed by atoms with van der Waals surface area (Å²) in [6.07, 6.45) is -0.626. The van der Waals surface area contributed by atoms with Crippen LogP contribution in [-0.4, -0.2) is 43.4 Å². The van der Waals surface area contributed by atoms with Crippen LogP contribution in [-0.2, 0) is 6.54 Å². The van der Waals surface area contributed by atoms with E-state index in [1.54, 1.807) is 18.2 Å². The third-order valence-electron chi connectivity index (χ3n) is 3.54. The van der Waals surface area contributed by atoms with Gasteiger partial charge in [0.05, 0.1) is 18.7 Å². The fourth-order valence-corrected chi connectivity index (χ4v) is 2.41. The zero-order valence-corrected chi connectivity index (χ0v) is 14.0. The Labute approximate surface area is 142 Å². The van der Waals surface area contributed by atoms with E-state index in [1.165, 1.54) is 12.7 Å². The summed E-state index contributed by atoms with van der Waals surface area (Å²) in [4.78, 5) is 2.04. The van der Waals surface area contributed by atoms with Gasteiger partial charge in [0.15, 0.2) is 11.5 Å². The second-order valence-corrected chi connectivity index (χ2v) is 5.62. The predicted molar refractivity (Wildman–Crippen MR) is 92.0 cm³/mol. The van der Waals surface area contributed by atoms with Crippen LogP contribution in [0.15, 0.2) is 48.5 Å². The smallest absolute Gasteiger partial charge is 0.162 e. The molecular weight excluding hydrogens is 304 g/mol. The monoisotopic (exact) mass is 326 g/mol. The zero-order chi connectivity index (χ0) is 17.4. The van der Waals surface area contributed by atoms with Crippen molar-refractivity contribution in [1.82, 2.24) is 4.90 Å². The number of aliphatic hydroxyl groups is 1. The van der Waals surface area contributed by atoms with Gasteiger partial charge in [-0.15, -0.1) is 0 Å². The Morgan fingerprint density at radius 3 is 2.58 bits per heavy atom. The van der Waals surface area contributed by atoms with Crippen molar-refractivity contribution in [3.8, 4) is 17.6 Å². The maximum Gasteiger partial charge on any atom is 0.162 e. The van der Waals surface area contributed by atoms with E-state index >= 15 is 0 Å². The van der Waals surface area contributed by atoms with Crippen molar-refractivity contribution >= 4 is 0 Å². The van der Waals surface area contributed by atoms with Gasteiger partial charge in [-0.05, 0) is 24.7 Å². The minimum absolute atomic E-state index is 0.154. The topological polar surface area (TPSA) is 65.7 Å². The molecule has 0 fully saturated rings. The Morgan fingerprint density at radius 1 is 1.17 bits per heavy atom. The highest BCUT2D eigenvalue weighted by Crippen LogP contribution is 2.27. The molecule has 0 amide bonds. The molecule has 0 aliphatic heterocycles. The maximum absolute atomic E-state index is 10.2. The molecule has 0 saturated carbocycles. The van der Waals surface area contributed by atoms with Crippen molar-refractivity contribution in [2.45, 2.75) is 12.6 Å². The van der Waals surface area contributed by atoms with E-state index in [0.717, 1.165) is 6.54 Å². The van der Waals surface area contributed by atoms with Crippen LogP contribution in [0.4, 0.5) is 0 Å². The summed E-state index contributed by atoms with van der Waals surface area (Å²) in [6, 6.07) is 17.1. The average molecular weight is 326 g/mol. The number of methoxy groups -OCH3 is 1. The Hall–Kier alpha value is -2.55. The second kappa shape index (κ2) is 8.92. The number of nitrogens with zero attached hydrogens (tertiary/aromatic N) is 2. The van der Waals surface area contributed by atoms with Crippen LogP contribution in [0.25, 0.3) is 0 Å². The highest BCUT2D eigenvalue weighted by Gasteiger charge is 2.12. The van der Waals surface area contributed by atoms with E-state index < -0.39 is 6.10 Å². The van der Waals surface area contributed by atoms with Crippen molar-refractivity contribution < 1.29 is 14.6 Å². The summed E-state index contributed by atoms with van der Waals surface area (Å²) in [5.74, 6) is 1.00. The molecule has 5 nitrogen and oxygen atoms in total. The molecule has 0 heterocycles. The van der Waals surface area contributed by atoms with Gasteiger partial charge in [-0.3, -0.25) is 4.90 Å². The van der Waals surface area contributed by atoms with Gasteiger partial charge in [0.1, 0.15) is 12.7 Å². The molecule has 2 aromatic carbocycles. The lowest BCUT2D eigenvalue weighted by molar-refractivity contribution is 0.0733. The first-order valence-electron chi connectivity index (χ1n) is 7.74. The minimum Gasteiger partial charge on any atom is -0.493 e. The van der Waals surface area contributed by atoms with Crippen molar-refractivity contribution in [2.75, 3.05) is 27.3 Å². The first-order valence-corrected chi connectivity index (χ1v) is 7.74. The lowest BCUT2D eigenvalue weighted by Gasteiger charge is -2.21. The van der Waals surface area contributed by atoms with Crippen LogP contribution in [0.2, 0.25) is 0 Å². The van der Waals surface area contributed by atoms with Gasteiger partial charge in [0.25, 0.3) is 0 Å². The van der Waals surface area contributed by atoms with Gasteiger partial charge < -0.3 is 14.6 Å². The third kappa shape index (κ3) is 5.27. The normalized spacial score (nSPS) is 11.8. The van der Waals surface area contributed by atoms with Crippen LogP contribution in [0, 0.1) is 11.3 Å². The van der Waals surface area contributed by atoms with E-state index in [0.29, 0.717) is 23.6 Å². The molecule has 126 valence electrons. The first kappa shape index (κ1) is 17.8. The molecule has 0 radical (unpaired) electrons. The molecule has 1 atom stereocenters. The Kier molecular flexibility index (Phi) is 6.62. The Bertz CT molecular complexity index is 683. The van der Waals surface area contributed by atoms with E-state index in [9.17, 15) is 5.11 Å². The summed E-state index contributed by atoms with van der Waals surface area (Å²) in [7, 11) is 3.48. The fourth-order valence-electron chi connectivity index (χ4n) is 2.41. The molecule has 1 unspecified atom stereocenters. The van der Waals surface area contributed by atoms with Crippen molar-refractivity contribution in [3.63, 3.8) is 0 Å². The number of hydrogen-bond donors (Lipinski definition) is 1. The number of likely N-dealkylation sites (N-methyl/N-ethyl adjacent to an activating group) is 1. The average Bonchev–Trinajstić information content (AvgIpc) is 2.60. The molecule has 0 aromatic heterocycles. The molecular formula is C19H22N2O3. The zero-order valence-electron chi connectivity index (χ0n) is 14.0. The quantitative estimate of drug-likeness (QED) is 0.807. The SMILES string of the molecule is COc1cc(C#N)ccc1OCC(O)CN(C)Cc1ccccc1. The van der Waals surface area contributed by atoms with Crippen LogP contribution in [0.3, 0.4) is 0 Å². The molecule has 0 saturated heterocycles. The largest absolute Gasteiger partial charge is 0.493 e. The maximum atomic E-state index is 10.2. The number of hydrogen-bond acceptors (Lipinski definition) is 5. The highest BCUT2D eigenvalue weighted by atomic mass is 16.5. The summed E-state index contributed by atoms with van der Waals surface area (Å²) in [5, 5.41) is 19.1. The molecule has 0 aliphatic carbocycles. The number of ether oxygens (including phenoxy) is 2. The van der Waals surface area contributed by atoms with Gasteiger partial charge in [-0.1, -0.05) is 30.3 Å². The molecule has 24 heavy (non-hydrogen) atoms. The summed E-state index contributed by atoms with van der Waals surface area (Å²) in [6.45, 7) is 1.41.